The van der Waals surface area contributed by atoms with Gasteiger partial charge in [0.05, 0.1) is 13.2 Å². The van der Waals surface area contributed by atoms with Gasteiger partial charge >= 0.3 is 18.0 Å². The second-order valence-corrected chi connectivity index (χ2v) is 7.35. The second-order valence-electron chi connectivity index (χ2n) is 6.91. The molecule has 0 spiro atoms. The van der Waals surface area contributed by atoms with E-state index in [2.05, 4.69) is 10.6 Å². The molecule has 9 nitrogen and oxygen atoms in total. The minimum Gasteiger partial charge on any atom is -0.466 e. The van der Waals surface area contributed by atoms with E-state index in [1.54, 1.807) is 52.0 Å². The standard InChI is InChI=1S/C21H30ClN3O6/c1-5-30-17(26)12-11-16(20(28)31-6-2)24-19(27)18(13(3)4)25-21(29)23-15-9-7-14(22)8-10-15/h7-10,13,16,18H,5-6,11-12H2,1-4H3,(H,24,27)(H2,23,25,29)/t16-,18-/m0/s1/i/hD. The highest BCUT2D eigenvalue weighted by atomic mass is 35.5. The van der Waals surface area contributed by atoms with Crippen molar-refractivity contribution in [2.24, 2.45) is 5.92 Å². The van der Waals surface area contributed by atoms with E-state index in [1.807, 2.05) is 0 Å². The number of carbonyl (C=O) groups excluding carboxylic acids is 4. The largest absolute Gasteiger partial charge is 0.466 e. The Balaban J connectivity index is 2.91. The van der Waals surface area contributed by atoms with E-state index >= 15 is 0 Å². The predicted molar refractivity (Wildman–Crippen MR) is 117 cm³/mol. The Morgan fingerprint density at radius 3 is 2.23 bits per heavy atom. The minimum atomic E-state index is -1.21. The number of hydrogen-bond acceptors (Lipinski definition) is 6. The van der Waals surface area contributed by atoms with Gasteiger partial charge in [0.25, 0.3) is 0 Å². The molecule has 1 rings (SSSR count). The molecule has 0 saturated carbocycles. The number of nitrogens with one attached hydrogen (secondary N) is 3. The third-order valence-electron chi connectivity index (χ3n) is 4.08. The van der Waals surface area contributed by atoms with Gasteiger partial charge in [0.2, 0.25) is 5.91 Å². The molecule has 0 fully saturated rings. The van der Waals surface area contributed by atoms with Crippen LogP contribution >= 0.6 is 11.6 Å². The fraction of sp³-hybridized carbons (Fsp3) is 0.524. The van der Waals surface area contributed by atoms with Gasteiger partial charge in [0, 0.05) is 17.1 Å². The maximum atomic E-state index is 12.9. The molecule has 3 N–H and O–H groups in total. The average molecular weight is 457 g/mol. The van der Waals surface area contributed by atoms with Crippen molar-refractivity contribution in [2.75, 3.05) is 18.5 Å². The van der Waals surface area contributed by atoms with Crippen LogP contribution in [0, 0.1) is 5.92 Å². The maximum Gasteiger partial charge on any atom is 0.328 e. The normalized spacial score (nSPS) is 12.9. The molecule has 0 bridgehead atoms. The van der Waals surface area contributed by atoms with Gasteiger partial charge in [-0.05, 0) is 50.5 Å². The Bertz CT molecular complexity index is 790. The first kappa shape index (κ1) is 24.5. The van der Waals surface area contributed by atoms with Crippen LogP contribution < -0.4 is 15.9 Å². The Labute approximate surface area is 188 Å². The molecule has 0 saturated heterocycles. The third kappa shape index (κ3) is 9.69. The molecular formula is C21H30ClN3O6. The number of carbonyl (C=O) groups is 4. The van der Waals surface area contributed by atoms with Crippen molar-refractivity contribution in [2.45, 2.75) is 52.6 Å². The van der Waals surface area contributed by atoms with Crippen LogP contribution in [0.15, 0.2) is 24.3 Å². The van der Waals surface area contributed by atoms with Gasteiger partial charge in [0.1, 0.15) is 12.1 Å². The summed E-state index contributed by atoms with van der Waals surface area (Å²) < 4.78 is 18.0. The van der Waals surface area contributed by atoms with Gasteiger partial charge in [-0.3, -0.25) is 9.59 Å². The summed E-state index contributed by atoms with van der Waals surface area (Å²) in [5.41, 5.74) is 0.401. The van der Waals surface area contributed by atoms with Crippen LogP contribution in [0.2, 0.25) is 6.43 Å². The van der Waals surface area contributed by atoms with Crippen LogP contribution in [0.5, 0.6) is 0 Å². The van der Waals surface area contributed by atoms with Crippen LogP contribution in [0.25, 0.3) is 0 Å². The minimum absolute atomic E-state index is 0.0385. The van der Waals surface area contributed by atoms with Crippen molar-refractivity contribution < 1.29 is 30.1 Å². The number of amides is 3. The van der Waals surface area contributed by atoms with E-state index in [4.69, 9.17) is 22.5 Å². The highest BCUT2D eigenvalue weighted by Gasteiger charge is 2.30. The molecule has 0 radical (unpaired) electrons. The lowest BCUT2D eigenvalue weighted by Crippen LogP contribution is -2.54. The zero-order chi connectivity index (χ0) is 24.3. The molecule has 31 heavy (non-hydrogen) atoms. The molecule has 0 aliphatic carbocycles. The molecule has 10 heteroatoms. The molecule has 1 aromatic rings. The number of rotatable bonds is 11. The SMILES string of the molecule is [2H]N(C(=O)Nc1ccc(Cl)cc1)[C@H](C(=O)N[C@@H](CCC(=O)OCC)C(=O)OCC)C(C)C. The third-order valence-corrected chi connectivity index (χ3v) is 4.33. The number of benzene rings is 1. The summed E-state index contributed by atoms with van der Waals surface area (Å²) in [5.74, 6) is -2.39. The van der Waals surface area contributed by atoms with E-state index < -0.39 is 41.9 Å². The summed E-state index contributed by atoms with van der Waals surface area (Å²) in [4.78, 5) is 49.4. The van der Waals surface area contributed by atoms with Crippen molar-refractivity contribution in [1.82, 2.24) is 10.6 Å². The highest BCUT2D eigenvalue weighted by molar-refractivity contribution is 6.30. The van der Waals surface area contributed by atoms with Gasteiger partial charge in [-0.15, -0.1) is 0 Å². The predicted octanol–water partition coefficient (Wildman–Crippen LogP) is 2.88. The van der Waals surface area contributed by atoms with Crippen molar-refractivity contribution in [1.29, 1.82) is 0 Å². The van der Waals surface area contributed by atoms with E-state index in [9.17, 15) is 19.2 Å². The summed E-state index contributed by atoms with van der Waals surface area (Å²) in [6.45, 7) is 6.89. The van der Waals surface area contributed by atoms with Crippen LogP contribution in [-0.4, -0.2) is 49.2 Å². The summed E-state index contributed by atoms with van der Waals surface area (Å²) in [7, 11) is 0. The highest BCUT2D eigenvalue weighted by Crippen LogP contribution is 2.13. The molecule has 172 valence electrons. The van der Waals surface area contributed by atoms with Gasteiger partial charge in [-0.25, -0.2) is 9.59 Å². The number of urea groups is 1. The number of halogens is 1. The lowest BCUT2D eigenvalue weighted by molar-refractivity contribution is -0.149. The quantitative estimate of drug-likeness (QED) is 0.440. The number of anilines is 1. The molecule has 1 aromatic carbocycles. The number of esters is 2. The zero-order valence-corrected chi connectivity index (χ0v) is 18.9. The van der Waals surface area contributed by atoms with Crippen LogP contribution in [0.4, 0.5) is 10.5 Å². The van der Waals surface area contributed by atoms with Gasteiger partial charge < -0.3 is 25.4 Å². The summed E-state index contributed by atoms with van der Waals surface area (Å²) >= 11 is 5.82. The maximum absolute atomic E-state index is 12.9. The second kappa shape index (κ2) is 13.5. The van der Waals surface area contributed by atoms with Crippen LogP contribution in [0.1, 0.15) is 40.5 Å². The number of hydrogen-bond donors (Lipinski definition) is 3. The van der Waals surface area contributed by atoms with Gasteiger partial charge in [-0.2, -0.15) is 0 Å². The van der Waals surface area contributed by atoms with Crippen LogP contribution in [0.3, 0.4) is 0 Å². The fourth-order valence-corrected chi connectivity index (χ4v) is 2.70. The first-order valence-electron chi connectivity index (χ1n) is 10.5. The van der Waals surface area contributed by atoms with Gasteiger partial charge in [0.15, 0.2) is 1.41 Å². The summed E-state index contributed by atoms with van der Waals surface area (Å²) in [6, 6.07) is 3.11. The Morgan fingerprint density at radius 1 is 1.06 bits per heavy atom. The molecular weight excluding hydrogens is 426 g/mol. The van der Waals surface area contributed by atoms with E-state index in [0.717, 1.165) is 0 Å². The number of ether oxygens (including phenoxy) is 2. The lowest BCUT2D eigenvalue weighted by atomic mass is 10.0. The Morgan fingerprint density at radius 2 is 1.68 bits per heavy atom. The lowest BCUT2D eigenvalue weighted by Gasteiger charge is -2.25. The average Bonchev–Trinajstić information content (AvgIpc) is 2.72. The fourth-order valence-electron chi connectivity index (χ4n) is 2.57. The molecule has 2 atom stereocenters. The molecule has 0 heterocycles. The topological polar surface area (TPSA) is 123 Å². The monoisotopic (exact) mass is 456 g/mol. The van der Waals surface area contributed by atoms with Crippen LogP contribution in [-0.2, 0) is 23.9 Å². The molecule has 0 aliphatic heterocycles. The van der Waals surface area contributed by atoms with E-state index in [-0.39, 0.29) is 26.1 Å². The smallest absolute Gasteiger partial charge is 0.328 e. The van der Waals surface area contributed by atoms with E-state index in [1.165, 1.54) is 0 Å². The molecule has 0 unspecified atom stereocenters. The molecule has 0 aliphatic rings. The van der Waals surface area contributed by atoms with Crippen molar-refractivity contribution in [3.05, 3.63) is 29.3 Å². The summed E-state index contributed by atoms with van der Waals surface area (Å²) in [5, 5.41) is 6.03. The van der Waals surface area contributed by atoms with Crippen molar-refractivity contribution in [3.63, 3.8) is 0 Å². The van der Waals surface area contributed by atoms with Crippen molar-refractivity contribution in [3.8, 4) is 0 Å². The van der Waals surface area contributed by atoms with Crippen molar-refractivity contribution >= 4 is 41.2 Å². The summed E-state index contributed by atoms with van der Waals surface area (Å²) in [6.07, 6.45) is -0.144. The molecule has 0 aromatic heterocycles. The zero-order valence-electron chi connectivity index (χ0n) is 19.1. The Kier molecular flexibility index (Phi) is 10.6. The Hall–Kier alpha value is -2.81. The van der Waals surface area contributed by atoms with E-state index in [0.29, 0.717) is 16.0 Å². The molecule has 3 amide bonds. The first-order chi connectivity index (χ1) is 15.1. The first-order valence-corrected chi connectivity index (χ1v) is 10.5. The van der Waals surface area contributed by atoms with Gasteiger partial charge in [-0.1, -0.05) is 25.4 Å².